The van der Waals surface area contributed by atoms with Gasteiger partial charge in [-0.25, -0.2) is 0 Å². The largest absolute Gasteiger partial charge is 0.496 e. The van der Waals surface area contributed by atoms with Gasteiger partial charge in [0.15, 0.2) is 0 Å². The van der Waals surface area contributed by atoms with Crippen LogP contribution in [0.25, 0.3) is 0 Å². The molecule has 0 aliphatic rings. The molecule has 0 unspecified atom stereocenters. The molecule has 0 aromatic heterocycles. The summed E-state index contributed by atoms with van der Waals surface area (Å²) in [6.07, 6.45) is 0. The quantitative estimate of drug-likeness (QED) is 0.908. The molecule has 0 aliphatic carbocycles. The van der Waals surface area contributed by atoms with Crippen molar-refractivity contribution >= 4 is 23.2 Å². The first kappa shape index (κ1) is 15.2. The van der Waals surface area contributed by atoms with Crippen LogP contribution in [0.15, 0.2) is 42.5 Å². The van der Waals surface area contributed by atoms with Gasteiger partial charge in [0.05, 0.1) is 19.3 Å². The van der Waals surface area contributed by atoms with Crippen molar-refractivity contribution in [3.63, 3.8) is 0 Å². The van der Waals surface area contributed by atoms with E-state index < -0.39 is 0 Å². The van der Waals surface area contributed by atoms with E-state index in [0.29, 0.717) is 28.6 Å². The molecule has 5 heteroatoms. The Labute approximate surface area is 128 Å². The highest BCUT2D eigenvalue weighted by Gasteiger charge is 2.13. The van der Waals surface area contributed by atoms with Gasteiger partial charge in [-0.1, -0.05) is 11.6 Å². The number of anilines is 1. The average Bonchev–Trinajstić information content (AvgIpc) is 2.49. The van der Waals surface area contributed by atoms with E-state index >= 15 is 0 Å². The number of halogens is 1. The summed E-state index contributed by atoms with van der Waals surface area (Å²) in [7, 11) is 1.51. The van der Waals surface area contributed by atoms with Gasteiger partial charge < -0.3 is 14.8 Å². The first-order chi connectivity index (χ1) is 10.1. The molecule has 0 saturated carbocycles. The van der Waals surface area contributed by atoms with Crippen LogP contribution in [0.3, 0.4) is 0 Å². The summed E-state index contributed by atoms with van der Waals surface area (Å²) < 4.78 is 10.5. The standard InChI is InChI=1S/C16H16ClNO3/c1-3-21-13-7-5-12(6-8-13)18-16(19)14-10-11(17)4-9-15(14)20-2/h4-10H,3H2,1-2H3,(H,18,19). The van der Waals surface area contributed by atoms with Crippen LogP contribution in [-0.4, -0.2) is 19.6 Å². The molecule has 0 aliphatic heterocycles. The zero-order valence-electron chi connectivity index (χ0n) is 11.9. The van der Waals surface area contributed by atoms with E-state index in [2.05, 4.69) is 5.32 Å². The molecule has 2 aromatic carbocycles. The molecule has 1 N–H and O–H groups in total. The number of benzene rings is 2. The van der Waals surface area contributed by atoms with Crippen molar-refractivity contribution in [1.82, 2.24) is 0 Å². The summed E-state index contributed by atoms with van der Waals surface area (Å²) in [6, 6.07) is 12.1. The zero-order chi connectivity index (χ0) is 15.2. The first-order valence-electron chi connectivity index (χ1n) is 6.51. The van der Waals surface area contributed by atoms with Crippen LogP contribution < -0.4 is 14.8 Å². The molecule has 0 spiro atoms. The Hall–Kier alpha value is -2.20. The Bertz CT molecular complexity index is 626. The molecule has 0 atom stereocenters. The normalized spacial score (nSPS) is 10.0. The predicted molar refractivity (Wildman–Crippen MR) is 83.6 cm³/mol. The Balaban J connectivity index is 2.15. The molecule has 2 rings (SSSR count). The van der Waals surface area contributed by atoms with E-state index in [9.17, 15) is 4.79 Å². The Kier molecular flexibility index (Phi) is 5.06. The Morgan fingerprint density at radius 3 is 2.52 bits per heavy atom. The number of ether oxygens (including phenoxy) is 2. The molecule has 21 heavy (non-hydrogen) atoms. The maximum atomic E-state index is 12.3. The maximum Gasteiger partial charge on any atom is 0.259 e. The van der Waals surface area contributed by atoms with Crippen molar-refractivity contribution in [3.05, 3.63) is 53.1 Å². The fourth-order valence-electron chi connectivity index (χ4n) is 1.86. The summed E-state index contributed by atoms with van der Waals surface area (Å²) in [4.78, 5) is 12.3. The van der Waals surface area contributed by atoms with E-state index in [1.807, 2.05) is 6.92 Å². The topological polar surface area (TPSA) is 47.6 Å². The van der Waals surface area contributed by atoms with E-state index in [-0.39, 0.29) is 5.91 Å². The fourth-order valence-corrected chi connectivity index (χ4v) is 2.03. The molecular formula is C16H16ClNO3. The highest BCUT2D eigenvalue weighted by molar-refractivity contribution is 6.31. The van der Waals surface area contributed by atoms with Gasteiger partial charge in [-0.15, -0.1) is 0 Å². The molecule has 0 fully saturated rings. The highest BCUT2D eigenvalue weighted by atomic mass is 35.5. The maximum absolute atomic E-state index is 12.3. The monoisotopic (exact) mass is 305 g/mol. The second-order valence-corrected chi connectivity index (χ2v) is 4.69. The summed E-state index contributed by atoms with van der Waals surface area (Å²) >= 11 is 5.92. The second-order valence-electron chi connectivity index (χ2n) is 4.26. The summed E-state index contributed by atoms with van der Waals surface area (Å²) in [5.41, 5.74) is 1.06. The molecule has 4 nitrogen and oxygen atoms in total. The smallest absolute Gasteiger partial charge is 0.259 e. The van der Waals surface area contributed by atoms with Gasteiger partial charge in [0.25, 0.3) is 5.91 Å². The van der Waals surface area contributed by atoms with Gasteiger partial charge in [-0.3, -0.25) is 4.79 Å². The van der Waals surface area contributed by atoms with Crippen molar-refractivity contribution in [1.29, 1.82) is 0 Å². The molecular weight excluding hydrogens is 290 g/mol. The lowest BCUT2D eigenvalue weighted by atomic mass is 10.2. The van der Waals surface area contributed by atoms with Crippen molar-refractivity contribution in [3.8, 4) is 11.5 Å². The predicted octanol–water partition coefficient (Wildman–Crippen LogP) is 4.00. The molecule has 0 saturated heterocycles. The number of carbonyl (C=O) groups excluding carboxylic acids is 1. The SMILES string of the molecule is CCOc1ccc(NC(=O)c2cc(Cl)ccc2OC)cc1. The van der Waals surface area contributed by atoms with E-state index in [4.69, 9.17) is 21.1 Å². The summed E-state index contributed by atoms with van der Waals surface area (Å²) in [5.74, 6) is 0.956. The number of rotatable bonds is 5. The van der Waals surface area contributed by atoms with Gasteiger partial charge in [0.1, 0.15) is 11.5 Å². The third kappa shape index (κ3) is 3.89. The van der Waals surface area contributed by atoms with Crippen LogP contribution in [-0.2, 0) is 0 Å². The number of carbonyl (C=O) groups is 1. The number of hydrogen-bond donors (Lipinski definition) is 1. The minimum absolute atomic E-state index is 0.279. The summed E-state index contributed by atoms with van der Waals surface area (Å²) in [5, 5.41) is 3.28. The van der Waals surface area contributed by atoms with Crippen LogP contribution in [0.5, 0.6) is 11.5 Å². The van der Waals surface area contributed by atoms with Crippen LogP contribution in [0.1, 0.15) is 17.3 Å². The zero-order valence-corrected chi connectivity index (χ0v) is 12.6. The van der Waals surface area contributed by atoms with Gasteiger partial charge in [0.2, 0.25) is 0 Å². The third-order valence-electron chi connectivity index (χ3n) is 2.83. The van der Waals surface area contributed by atoms with Crippen LogP contribution >= 0.6 is 11.6 Å². The van der Waals surface area contributed by atoms with E-state index in [1.165, 1.54) is 7.11 Å². The number of hydrogen-bond acceptors (Lipinski definition) is 3. The molecule has 0 bridgehead atoms. The van der Waals surface area contributed by atoms with Crippen LogP contribution in [0.2, 0.25) is 5.02 Å². The van der Waals surface area contributed by atoms with Crippen molar-refractivity contribution < 1.29 is 14.3 Å². The van der Waals surface area contributed by atoms with Crippen LogP contribution in [0, 0.1) is 0 Å². The van der Waals surface area contributed by atoms with E-state index in [1.54, 1.807) is 42.5 Å². The average molecular weight is 306 g/mol. The second kappa shape index (κ2) is 6.99. The molecule has 0 radical (unpaired) electrons. The molecule has 2 aromatic rings. The highest BCUT2D eigenvalue weighted by Crippen LogP contribution is 2.24. The first-order valence-corrected chi connectivity index (χ1v) is 6.89. The van der Waals surface area contributed by atoms with E-state index in [0.717, 1.165) is 5.75 Å². The lowest BCUT2D eigenvalue weighted by Gasteiger charge is -2.10. The Morgan fingerprint density at radius 2 is 1.90 bits per heavy atom. The minimum Gasteiger partial charge on any atom is -0.496 e. The van der Waals surface area contributed by atoms with Gasteiger partial charge >= 0.3 is 0 Å². The molecule has 0 heterocycles. The number of methoxy groups -OCH3 is 1. The molecule has 1 amide bonds. The van der Waals surface area contributed by atoms with Gasteiger partial charge in [-0.05, 0) is 49.4 Å². The van der Waals surface area contributed by atoms with Gasteiger partial charge in [0, 0.05) is 10.7 Å². The van der Waals surface area contributed by atoms with Gasteiger partial charge in [-0.2, -0.15) is 0 Å². The van der Waals surface area contributed by atoms with Crippen molar-refractivity contribution in [2.45, 2.75) is 6.92 Å². The third-order valence-corrected chi connectivity index (χ3v) is 3.06. The Morgan fingerprint density at radius 1 is 1.19 bits per heavy atom. The number of nitrogens with one attached hydrogen (secondary N) is 1. The van der Waals surface area contributed by atoms with Crippen LogP contribution in [0.4, 0.5) is 5.69 Å². The lowest BCUT2D eigenvalue weighted by molar-refractivity contribution is 0.102. The minimum atomic E-state index is -0.279. The lowest BCUT2D eigenvalue weighted by Crippen LogP contribution is -2.13. The van der Waals surface area contributed by atoms with Crippen molar-refractivity contribution in [2.75, 3.05) is 19.0 Å². The number of amides is 1. The summed E-state index contributed by atoms with van der Waals surface area (Å²) in [6.45, 7) is 2.52. The fraction of sp³-hybridized carbons (Fsp3) is 0.188. The molecule has 110 valence electrons. The van der Waals surface area contributed by atoms with Crippen molar-refractivity contribution in [2.24, 2.45) is 0 Å².